The number of fused-ring (bicyclic) bond motifs is 1. The van der Waals surface area contributed by atoms with Crippen LogP contribution in [0.25, 0.3) is 11.2 Å². The first-order chi connectivity index (χ1) is 7.63. The second-order valence-electron chi connectivity index (χ2n) is 3.32. The van der Waals surface area contributed by atoms with E-state index in [9.17, 15) is 9.90 Å². The molecule has 0 fully saturated rings. The minimum atomic E-state index is -1.05. The van der Waals surface area contributed by atoms with Crippen molar-refractivity contribution in [3.63, 3.8) is 0 Å². The lowest BCUT2D eigenvalue weighted by Crippen LogP contribution is -2.31. The number of aliphatic hydroxyl groups is 2. The van der Waals surface area contributed by atoms with Crippen LogP contribution in [0.5, 0.6) is 0 Å². The lowest BCUT2D eigenvalue weighted by atomic mass is 10.3. The number of nitrogens with one attached hydrogen (secondary N) is 1. The van der Waals surface area contributed by atoms with Gasteiger partial charge in [-0.1, -0.05) is 0 Å². The Morgan fingerprint density at radius 1 is 1.62 bits per heavy atom. The van der Waals surface area contributed by atoms with Crippen molar-refractivity contribution in [1.82, 2.24) is 19.5 Å². The molecule has 2 heterocycles. The van der Waals surface area contributed by atoms with Crippen molar-refractivity contribution in [2.24, 2.45) is 0 Å². The van der Waals surface area contributed by atoms with Crippen molar-refractivity contribution in [3.8, 4) is 0 Å². The molecule has 1 atom stereocenters. The van der Waals surface area contributed by atoms with Crippen LogP contribution in [0.1, 0.15) is 0 Å². The number of H-pyrrole nitrogens is 1. The summed E-state index contributed by atoms with van der Waals surface area (Å²) in [4.78, 5) is 22.2. The quantitative estimate of drug-likeness (QED) is 0.480. The van der Waals surface area contributed by atoms with Crippen molar-refractivity contribution in [2.45, 2.75) is 12.6 Å². The molecule has 0 radical (unpaired) electrons. The molecule has 1 unspecified atom stereocenters. The van der Waals surface area contributed by atoms with Gasteiger partial charge in [0.1, 0.15) is 0 Å². The zero-order valence-electron chi connectivity index (χ0n) is 8.29. The first-order valence-corrected chi connectivity index (χ1v) is 4.61. The van der Waals surface area contributed by atoms with Crippen LogP contribution >= 0.6 is 0 Å². The zero-order valence-corrected chi connectivity index (χ0v) is 8.29. The highest BCUT2D eigenvalue weighted by atomic mass is 16.3. The fourth-order valence-corrected chi connectivity index (χ4v) is 1.38. The molecule has 2 rings (SSSR count). The molecule has 8 nitrogen and oxygen atoms in total. The van der Waals surface area contributed by atoms with Gasteiger partial charge in [-0.3, -0.25) is 9.36 Å². The molecule has 86 valence electrons. The highest BCUT2D eigenvalue weighted by Crippen LogP contribution is 2.04. The third kappa shape index (κ3) is 1.64. The first kappa shape index (κ1) is 10.6. The molecule has 16 heavy (non-hydrogen) atoms. The lowest BCUT2D eigenvalue weighted by Gasteiger charge is -2.11. The Balaban J connectivity index is 2.55. The zero-order chi connectivity index (χ0) is 11.7. The number of hydrogen-bond donors (Lipinski definition) is 4. The fourth-order valence-electron chi connectivity index (χ4n) is 1.38. The van der Waals surface area contributed by atoms with E-state index < -0.39 is 18.3 Å². The molecule has 0 bridgehead atoms. The molecule has 2 aromatic heterocycles. The highest BCUT2D eigenvalue weighted by molar-refractivity contribution is 5.69. The van der Waals surface area contributed by atoms with Crippen LogP contribution in [0, 0.1) is 0 Å². The van der Waals surface area contributed by atoms with Crippen LogP contribution in [0.3, 0.4) is 0 Å². The summed E-state index contributed by atoms with van der Waals surface area (Å²) in [6, 6.07) is 0. The largest absolute Gasteiger partial charge is 0.394 e. The van der Waals surface area contributed by atoms with Crippen molar-refractivity contribution < 1.29 is 10.2 Å². The molecule has 0 aromatic carbocycles. The number of imidazole rings is 1. The minimum absolute atomic E-state index is 0.0444. The number of rotatable bonds is 3. The topological polar surface area (TPSA) is 130 Å². The average Bonchev–Trinajstić information content (AvgIpc) is 2.71. The van der Waals surface area contributed by atoms with Crippen LogP contribution < -0.4 is 11.3 Å². The van der Waals surface area contributed by atoms with E-state index in [-0.39, 0.29) is 23.7 Å². The van der Waals surface area contributed by atoms with E-state index in [1.807, 2.05) is 0 Å². The average molecular weight is 225 g/mol. The fraction of sp³-hybridized carbons (Fsp3) is 0.375. The molecular weight excluding hydrogens is 214 g/mol. The monoisotopic (exact) mass is 225 g/mol. The molecule has 2 aromatic rings. The number of hydrogen-bond acceptors (Lipinski definition) is 6. The van der Waals surface area contributed by atoms with Crippen molar-refractivity contribution in [3.05, 3.63) is 16.7 Å². The van der Waals surface area contributed by atoms with E-state index in [0.717, 1.165) is 4.57 Å². The van der Waals surface area contributed by atoms with Gasteiger partial charge in [-0.25, -0.2) is 4.98 Å². The number of nitrogen functional groups attached to an aromatic ring is 1. The third-order valence-corrected chi connectivity index (χ3v) is 2.18. The molecule has 0 saturated heterocycles. The Labute approximate surface area is 89.4 Å². The molecule has 5 N–H and O–H groups in total. The predicted octanol–water partition coefficient (Wildman–Crippen LogP) is -1.95. The standard InChI is InChI=1S/C8H11N5O3/c9-8-12-6-5(10-3-11-6)7(16)13(8)1-4(15)2-14/h3-4,14-15H,1-2H2,(H2,9,12)(H,10,11). The number of anilines is 1. The van der Waals surface area contributed by atoms with E-state index in [0.29, 0.717) is 0 Å². The maximum Gasteiger partial charge on any atom is 0.281 e. The van der Waals surface area contributed by atoms with Gasteiger partial charge >= 0.3 is 0 Å². The van der Waals surface area contributed by atoms with Gasteiger partial charge < -0.3 is 20.9 Å². The number of aliphatic hydroxyl groups excluding tert-OH is 2. The van der Waals surface area contributed by atoms with E-state index in [1.165, 1.54) is 6.33 Å². The molecular formula is C8H11N5O3. The minimum Gasteiger partial charge on any atom is -0.394 e. The van der Waals surface area contributed by atoms with Gasteiger partial charge in [0.05, 0.1) is 25.6 Å². The Hall–Kier alpha value is -1.93. The Morgan fingerprint density at radius 3 is 3.06 bits per heavy atom. The Bertz CT molecular complexity index is 560. The number of aromatic nitrogens is 4. The van der Waals surface area contributed by atoms with Crippen molar-refractivity contribution >= 4 is 17.1 Å². The van der Waals surface area contributed by atoms with Crippen LogP contribution in [0.15, 0.2) is 11.1 Å². The van der Waals surface area contributed by atoms with Crippen LogP contribution in [0.2, 0.25) is 0 Å². The van der Waals surface area contributed by atoms with Gasteiger partial charge in [0.25, 0.3) is 5.56 Å². The molecule has 0 spiro atoms. The van der Waals surface area contributed by atoms with Crippen LogP contribution in [-0.4, -0.2) is 42.4 Å². The summed E-state index contributed by atoms with van der Waals surface area (Å²) < 4.78 is 1.08. The second kappa shape index (κ2) is 3.91. The highest BCUT2D eigenvalue weighted by Gasteiger charge is 2.13. The van der Waals surface area contributed by atoms with Crippen molar-refractivity contribution in [2.75, 3.05) is 12.3 Å². The van der Waals surface area contributed by atoms with E-state index in [4.69, 9.17) is 10.8 Å². The predicted molar refractivity (Wildman–Crippen MR) is 55.7 cm³/mol. The van der Waals surface area contributed by atoms with Gasteiger partial charge in [-0.05, 0) is 0 Å². The summed E-state index contributed by atoms with van der Waals surface area (Å²) in [5.41, 5.74) is 5.59. The molecule has 0 aliphatic heterocycles. The summed E-state index contributed by atoms with van der Waals surface area (Å²) in [6.07, 6.45) is 0.285. The van der Waals surface area contributed by atoms with E-state index >= 15 is 0 Å². The van der Waals surface area contributed by atoms with E-state index in [1.54, 1.807) is 0 Å². The lowest BCUT2D eigenvalue weighted by molar-refractivity contribution is 0.0808. The first-order valence-electron chi connectivity index (χ1n) is 4.61. The second-order valence-corrected chi connectivity index (χ2v) is 3.32. The maximum absolute atomic E-state index is 11.8. The molecule has 8 heteroatoms. The number of aromatic amines is 1. The van der Waals surface area contributed by atoms with Crippen LogP contribution in [0.4, 0.5) is 5.95 Å². The summed E-state index contributed by atoms with van der Waals surface area (Å²) >= 11 is 0. The molecule has 0 aliphatic carbocycles. The third-order valence-electron chi connectivity index (χ3n) is 2.18. The summed E-state index contributed by atoms with van der Waals surface area (Å²) in [7, 11) is 0. The summed E-state index contributed by atoms with van der Waals surface area (Å²) in [5, 5.41) is 18.0. The molecule has 0 saturated carbocycles. The molecule has 0 aliphatic rings. The van der Waals surface area contributed by atoms with Gasteiger partial charge in [-0.15, -0.1) is 0 Å². The van der Waals surface area contributed by atoms with Gasteiger partial charge in [0, 0.05) is 0 Å². The Morgan fingerprint density at radius 2 is 2.38 bits per heavy atom. The maximum atomic E-state index is 11.8. The van der Waals surface area contributed by atoms with Crippen molar-refractivity contribution in [1.29, 1.82) is 0 Å². The number of nitrogens with zero attached hydrogens (tertiary/aromatic N) is 3. The smallest absolute Gasteiger partial charge is 0.281 e. The number of nitrogens with two attached hydrogens (primary N) is 1. The Kier molecular flexibility index (Phi) is 2.59. The summed E-state index contributed by atoms with van der Waals surface area (Å²) in [6.45, 7) is -0.560. The summed E-state index contributed by atoms with van der Waals surface area (Å²) in [5.74, 6) is -0.0444. The van der Waals surface area contributed by atoms with Gasteiger partial charge in [-0.2, -0.15) is 4.98 Å². The van der Waals surface area contributed by atoms with Gasteiger partial charge in [0.2, 0.25) is 5.95 Å². The van der Waals surface area contributed by atoms with Gasteiger partial charge in [0.15, 0.2) is 11.2 Å². The van der Waals surface area contributed by atoms with Crippen LogP contribution in [-0.2, 0) is 6.54 Å². The molecule has 0 amide bonds. The van der Waals surface area contributed by atoms with E-state index in [2.05, 4.69) is 15.0 Å². The SMILES string of the molecule is Nc1nc2nc[nH]c2c(=O)n1CC(O)CO. The normalized spacial score (nSPS) is 13.1.